The summed E-state index contributed by atoms with van der Waals surface area (Å²) in [6, 6.07) is 11.1. The summed E-state index contributed by atoms with van der Waals surface area (Å²) in [5.74, 6) is 1.05. The Bertz CT molecular complexity index is 1210. The maximum absolute atomic E-state index is 13.5. The second kappa shape index (κ2) is 10.9. The first-order chi connectivity index (χ1) is 15.8. The average molecular weight is 509 g/mol. The zero-order valence-corrected chi connectivity index (χ0v) is 21.0. The lowest BCUT2D eigenvalue weighted by atomic mass is 10.2. The van der Waals surface area contributed by atoms with Crippen molar-refractivity contribution >= 4 is 49.8 Å². The molecule has 0 aliphatic carbocycles. The summed E-state index contributed by atoms with van der Waals surface area (Å²) in [7, 11) is -1.13. The standard InChI is InChI=1S/C21H24N4O5S3/c1-5-31-21-24-23-20(32-21)22-19(26)13-25(15-8-11-17(29-3)18(12-15)30-4)33(27,28)16-9-6-14(2)7-10-16/h6-12H,5,13H2,1-4H3,(H,22,23,26). The highest BCUT2D eigenvalue weighted by Crippen LogP contribution is 2.34. The van der Waals surface area contributed by atoms with Crippen molar-refractivity contribution in [3.8, 4) is 11.5 Å². The number of hydrogen-bond acceptors (Lipinski definition) is 9. The van der Waals surface area contributed by atoms with E-state index in [9.17, 15) is 13.2 Å². The third kappa shape index (κ3) is 5.95. The van der Waals surface area contributed by atoms with Gasteiger partial charge in [-0.1, -0.05) is 47.7 Å². The largest absolute Gasteiger partial charge is 0.493 e. The van der Waals surface area contributed by atoms with Crippen molar-refractivity contribution in [2.24, 2.45) is 0 Å². The molecular formula is C21H24N4O5S3. The molecule has 1 heterocycles. The topological polar surface area (TPSA) is 111 Å². The molecule has 0 radical (unpaired) electrons. The van der Waals surface area contributed by atoms with Crippen LogP contribution in [0.15, 0.2) is 51.7 Å². The molecule has 0 aliphatic heterocycles. The van der Waals surface area contributed by atoms with Crippen molar-refractivity contribution < 1.29 is 22.7 Å². The molecule has 3 aromatic rings. The highest BCUT2D eigenvalue weighted by molar-refractivity contribution is 8.01. The minimum atomic E-state index is -4.07. The first kappa shape index (κ1) is 24.8. The second-order valence-corrected chi connectivity index (χ2v) is 11.1. The summed E-state index contributed by atoms with van der Waals surface area (Å²) in [6.07, 6.45) is 0. The van der Waals surface area contributed by atoms with Crippen molar-refractivity contribution in [2.45, 2.75) is 23.1 Å². The number of hydrogen-bond donors (Lipinski definition) is 1. The smallest absolute Gasteiger partial charge is 0.264 e. The molecule has 0 unspecified atom stereocenters. The second-order valence-electron chi connectivity index (χ2n) is 6.72. The molecule has 3 rings (SSSR count). The number of carbonyl (C=O) groups excluding carboxylic acids is 1. The summed E-state index contributed by atoms with van der Waals surface area (Å²) >= 11 is 2.74. The maximum Gasteiger partial charge on any atom is 0.264 e. The van der Waals surface area contributed by atoms with Crippen molar-refractivity contribution in [3.63, 3.8) is 0 Å². The van der Waals surface area contributed by atoms with Crippen molar-refractivity contribution in [1.29, 1.82) is 0 Å². The lowest BCUT2D eigenvalue weighted by Crippen LogP contribution is -2.38. The number of thioether (sulfide) groups is 1. The SMILES string of the molecule is CCSc1nnc(NC(=O)CN(c2ccc(OC)c(OC)c2)S(=O)(=O)c2ccc(C)cc2)s1. The Kier molecular flexibility index (Phi) is 8.16. The Hall–Kier alpha value is -2.83. The number of carbonyl (C=O) groups is 1. The molecule has 33 heavy (non-hydrogen) atoms. The van der Waals surface area contributed by atoms with Gasteiger partial charge in [-0.15, -0.1) is 10.2 Å². The van der Waals surface area contributed by atoms with E-state index in [1.54, 1.807) is 24.3 Å². The van der Waals surface area contributed by atoms with E-state index in [1.165, 1.54) is 55.5 Å². The van der Waals surface area contributed by atoms with Gasteiger partial charge in [0.2, 0.25) is 11.0 Å². The third-order valence-electron chi connectivity index (χ3n) is 4.47. The van der Waals surface area contributed by atoms with E-state index in [4.69, 9.17) is 9.47 Å². The van der Waals surface area contributed by atoms with Crippen LogP contribution in [0.4, 0.5) is 10.8 Å². The van der Waals surface area contributed by atoms with E-state index in [-0.39, 0.29) is 10.6 Å². The molecule has 0 saturated carbocycles. The summed E-state index contributed by atoms with van der Waals surface area (Å²) in [4.78, 5) is 12.9. The van der Waals surface area contributed by atoms with Gasteiger partial charge in [0.05, 0.1) is 24.8 Å². The molecule has 1 N–H and O–H groups in total. The molecule has 0 atom stereocenters. The highest BCUT2D eigenvalue weighted by Gasteiger charge is 2.28. The first-order valence-electron chi connectivity index (χ1n) is 9.86. The van der Waals surface area contributed by atoms with E-state index < -0.39 is 22.5 Å². The van der Waals surface area contributed by atoms with Gasteiger partial charge in [-0.3, -0.25) is 14.4 Å². The molecule has 1 aromatic heterocycles. The lowest BCUT2D eigenvalue weighted by Gasteiger charge is -2.24. The van der Waals surface area contributed by atoms with E-state index in [2.05, 4.69) is 15.5 Å². The van der Waals surface area contributed by atoms with Crippen LogP contribution in [-0.2, 0) is 14.8 Å². The van der Waals surface area contributed by atoms with Gasteiger partial charge in [0.1, 0.15) is 6.54 Å². The van der Waals surface area contributed by atoms with Crippen LogP contribution in [0.3, 0.4) is 0 Å². The highest BCUT2D eigenvalue weighted by atomic mass is 32.2. The monoisotopic (exact) mass is 508 g/mol. The number of aryl methyl sites for hydroxylation is 1. The number of nitrogens with one attached hydrogen (secondary N) is 1. The molecule has 0 aliphatic rings. The number of methoxy groups -OCH3 is 2. The Morgan fingerprint density at radius 3 is 2.42 bits per heavy atom. The molecule has 0 saturated heterocycles. The molecule has 0 fully saturated rings. The normalized spacial score (nSPS) is 11.2. The van der Waals surface area contributed by atoms with E-state index in [0.717, 1.165) is 20.0 Å². The van der Waals surface area contributed by atoms with Gasteiger partial charge in [0.25, 0.3) is 10.0 Å². The summed E-state index contributed by atoms with van der Waals surface area (Å²) in [5, 5.41) is 10.9. The first-order valence-corrected chi connectivity index (χ1v) is 13.1. The van der Waals surface area contributed by atoms with Gasteiger partial charge < -0.3 is 9.47 Å². The van der Waals surface area contributed by atoms with Crippen LogP contribution in [0, 0.1) is 6.92 Å². The fourth-order valence-electron chi connectivity index (χ4n) is 2.86. The Labute approximate surface area is 201 Å². The van der Waals surface area contributed by atoms with Crippen LogP contribution in [0.2, 0.25) is 0 Å². The number of anilines is 2. The van der Waals surface area contributed by atoms with Crippen molar-refractivity contribution in [2.75, 3.05) is 36.1 Å². The average Bonchev–Trinajstić information content (AvgIpc) is 3.24. The van der Waals surface area contributed by atoms with Gasteiger partial charge in [-0.05, 0) is 36.9 Å². The zero-order chi connectivity index (χ0) is 24.0. The van der Waals surface area contributed by atoms with Crippen LogP contribution in [-0.4, -0.2) is 51.0 Å². The number of sulfonamides is 1. The summed E-state index contributed by atoms with van der Waals surface area (Å²) in [5.41, 5.74) is 1.17. The predicted molar refractivity (Wildman–Crippen MR) is 130 cm³/mol. The van der Waals surface area contributed by atoms with Gasteiger partial charge >= 0.3 is 0 Å². The van der Waals surface area contributed by atoms with Gasteiger partial charge in [0.15, 0.2) is 15.8 Å². The molecule has 9 nitrogen and oxygen atoms in total. The van der Waals surface area contributed by atoms with Gasteiger partial charge in [-0.25, -0.2) is 8.42 Å². The fourth-order valence-corrected chi connectivity index (χ4v) is 5.94. The molecule has 0 bridgehead atoms. The third-order valence-corrected chi connectivity index (χ3v) is 8.11. The molecule has 12 heteroatoms. The Morgan fingerprint density at radius 2 is 1.79 bits per heavy atom. The molecule has 176 valence electrons. The van der Waals surface area contributed by atoms with Crippen LogP contribution in [0.1, 0.15) is 12.5 Å². The molecule has 1 amide bonds. The lowest BCUT2D eigenvalue weighted by molar-refractivity contribution is -0.114. The number of ether oxygens (including phenoxy) is 2. The van der Waals surface area contributed by atoms with Gasteiger partial charge in [-0.2, -0.15) is 0 Å². The van der Waals surface area contributed by atoms with E-state index in [1.807, 2.05) is 13.8 Å². The fraction of sp³-hybridized carbons (Fsp3) is 0.286. The predicted octanol–water partition coefficient (Wildman–Crippen LogP) is 3.81. The van der Waals surface area contributed by atoms with Crippen LogP contribution in [0.5, 0.6) is 11.5 Å². The number of benzene rings is 2. The van der Waals surface area contributed by atoms with Crippen molar-refractivity contribution in [3.05, 3.63) is 48.0 Å². The van der Waals surface area contributed by atoms with Crippen LogP contribution in [0.25, 0.3) is 0 Å². The quantitative estimate of drug-likeness (QED) is 0.325. The van der Waals surface area contributed by atoms with E-state index >= 15 is 0 Å². The summed E-state index contributed by atoms with van der Waals surface area (Å²) in [6.45, 7) is 3.38. The number of amides is 1. The minimum absolute atomic E-state index is 0.0632. The molecular weight excluding hydrogens is 484 g/mol. The minimum Gasteiger partial charge on any atom is -0.493 e. The number of rotatable bonds is 10. The number of aromatic nitrogens is 2. The Morgan fingerprint density at radius 1 is 1.09 bits per heavy atom. The maximum atomic E-state index is 13.5. The van der Waals surface area contributed by atoms with Crippen LogP contribution >= 0.6 is 23.1 Å². The molecule has 0 spiro atoms. The van der Waals surface area contributed by atoms with Crippen molar-refractivity contribution in [1.82, 2.24) is 10.2 Å². The van der Waals surface area contributed by atoms with Gasteiger partial charge in [0, 0.05) is 6.07 Å². The summed E-state index contributed by atoms with van der Waals surface area (Å²) < 4.78 is 39.4. The Balaban J connectivity index is 1.96. The zero-order valence-electron chi connectivity index (χ0n) is 18.6. The van der Waals surface area contributed by atoms with E-state index in [0.29, 0.717) is 16.6 Å². The molecule has 2 aromatic carbocycles. The van der Waals surface area contributed by atoms with Crippen LogP contribution < -0.4 is 19.1 Å². The number of nitrogens with zero attached hydrogens (tertiary/aromatic N) is 3.